The number of rotatable bonds is 4. The molecule has 1 aromatic carbocycles. The first-order chi connectivity index (χ1) is 12.1. The van der Waals surface area contributed by atoms with Gasteiger partial charge in [-0.1, -0.05) is 18.2 Å². The fourth-order valence-corrected chi connectivity index (χ4v) is 3.16. The molecule has 8 nitrogen and oxygen atoms in total. The van der Waals surface area contributed by atoms with Crippen LogP contribution in [-0.2, 0) is 20.7 Å². The highest BCUT2D eigenvalue weighted by Gasteiger charge is 2.48. The summed E-state index contributed by atoms with van der Waals surface area (Å²) in [4.78, 5) is 37.1. The number of hydrogen-bond acceptors (Lipinski definition) is 6. The lowest BCUT2D eigenvalue weighted by atomic mass is 9.80. The number of nitro benzene ring substituents is 1. The zero-order valence-corrected chi connectivity index (χ0v) is 15.5. The minimum atomic E-state index is -1.03. The van der Waals surface area contributed by atoms with E-state index in [1.807, 2.05) is 0 Å². The maximum absolute atomic E-state index is 12.5. The average molecular weight is 364 g/mol. The van der Waals surface area contributed by atoms with E-state index in [1.165, 1.54) is 18.1 Å². The molecule has 0 bridgehead atoms. The molecular weight excluding hydrogens is 340 g/mol. The molecule has 142 valence electrons. The summed E-state index contributed by atoms with van der Waals surface area (Å²) in [5, 5.41) is 11.3. The van der Waals surface area contributed by atoms with E-state index >= 15 is 0 Å². The lowest BCUT2D eigenvalue weighted by Crippen LogP contribution is -2.41. The van der Waals surface area contributed by atoms with E-state index in [-0.39, 0.29) is 18.7 Å². The van der Waals surface area contributed by atoms with Gasteiger partial charge in [-0.3, -0.25) is 14.9 Å². The molecule has 1 aliphatic heterocycles. The van der Waals surface area contributed by atoms with Crippen molar-refractivity contribution < 1.29 is 24.0 Å². The highest BCUT2D eigenvalue weighted by atomic mass is 16.6. The van der Waals surface area contributed by atoms with Gasteiger partial charge in [-0.25, -0.2) is 4.79 Å². The molecule has 1 fully saturated rings. The van der Waals surface area contributed by atoms with Crippen LogP contribution >= 0.6 is 0 Å². The van der Waals surface area contributed by atoms with E-state index in [1.54, 1.807) is 39.0 Å². The van der Waals surface area contributed by atoms with Crippen molar-refractivity contribution in [3.05, 3.63) is 39.9 Å². The second-order valence-corrected chi connectivity index (χ2v) is 7.49. The van der Waals surface area contributed by atoms with Crippen LogP contribution in [0.3, 0.4) is 0 Å². The number of esters is 1. The Labute approximate surface area is 152 Å². The van der Waals surface area contributed by atoms with Gasteiger partial charge < -0.3 is 14.4 Å². The van der Waals surface area contributed by atoms with Gasteiger partial charge in [-0.2, -0.15) is 0 Å². The van der Waals surface area contributed by atoms with E-state index in [9.17, 15) is 19.7 Å². The van der Waals surface area contributed by atoms with Crippen LogP contribution in [0.4, 0.5) is 10.5 Å². The molecule has 1 aromatic rings. The topological polar surface area (TPSA) is 99.0 Å². The Balaban J connectivity index is 2.28. The Morgan fingerprint density at radius 3 is 2.54 bits per heavy atom. The van der Waals surface area contributed by atoms with Crippen molar-refractivity contribution in [1.82, 2.24) is 4.90 Å². The van der Waals surface area contributed by atoms with Gasteiger partial charge in [0.05, 0.1) is 17.4 Å². The SMILES string of the molecule is COC(=O)C1(Cc2ccccc2[N+](=O)[O-])CCN(C(=O)OC(C)(C)C)C1. The first-order valence-corrected chi connectivity index (χ1v) is 8.37. The Bertz CT molecular complexity index is 712. The third kappa shape index (κ3) is 4.30. The van der Waals surface area contributed by atoms with Crippen LogP contribution in [0.2, 0.25) is 0 Å². The fourth-order valence-electron chi connectivity index (χ4n) is 3.16. The quantitative estimate of drug-likeness (QED) is 0.463. The Morgan fingerprint density at radius 1 is 1.31 bits per heavy atom. The molecule has 1 unspecified atom stereocenters. The molecule has 0 radical (unpaired) electrons. The van der Waals surface area contributed by atoms with Gasteiger partial charge in [0.25, 0.3) is 5.69 Å². The molecule has 2 rings (SSSR count). The standard InChI is InChI=1S/C18H24N2O6/c1-17(2,3)26-16(22)19-10-9-18(12-19,15(21)25-4)11-13-7-5-6-8-14(13)20(23)24/h5-8H,9-12H2,1-4H3. The van der Waals surface area contributed by atoms with Crippen molar-refractivity contribution in [3.63, 3.8) is 0 Å². The van der Waals surface area contributed by atoms with E-state index in [4.69, 9.17) is 9.47 Å². The summed E-state index contributed by atoms with van der Waals surface area (Å²) < 4.78 is 10.3. The number of carbonyl (C=O) groups is 2. The summed E-state index contributed by atoms with van der Waals surface area (Å²) in [5.74, 6) is -0.485. The zero-order chi connectivity index (χ0) is 19.5. The normalized spacial score (nSPS) is 19.9. The van der Waals surface area contributed by atoms with E-state index in [2.05, 4.69) is 0 Å². The molecule has 26 heavy (non-hydrogen) atoms. The number of likely N-dealkylation sites (tertiary alicyclic amines) is 1. The van der Waals surface area contributed by atoms with Crippen molar-refractivity contribution in [2.75, 3.05) is 20.2 Å². The number of carbonyl (C=O) groups excluding carboxylic acids is 2. The van der Waals surface area contributed by atoms with Gasteiger partial charge in [-0.15, -0.1) is 0 Å². The third-order valence-corrected chi connectivity index (χ3v) is 4.34. The summed E-state index contributed by atoms with van der Waals surface area (Å²) >= 11 is 0. The Hall–Kier alpha value is -2.64. The highest BCUT2D eigenvalue weighted by Crippen LogP contribution is 2.38. The van der Waals surface area contributed by atoms with Gasteiger partial charge in [-0.05, 0) is 33.6 Å². The lowest BCUT2D eigenvalue weighted by Gasteiger charge is -2.28. The number of nitro groups is 1. The van der Waals surface area contributed by atoms with Gasteiger partial charge in [0.15, 0.2) is 0 Å². The number of para-hydroxylation sites is 1. The highest BCUT2D eigenvalue weighted by molar-refractivity contribution is 5.80. The minimum absolute atomic E-state index is 0.0495. The van der Waals surface area contributed by atoms with Crippen molar-refractivity contribution in [2.45, 2.75) is 39.2 Å². The van der Waals surface area contributed by atoms with Crippen LogP contribution in [0.5, 0.6) is 0 Å². The largest absolute Gasteiger partial charge is 0.469 e. The van der Waals surface area contributed by atoms with Crippen LogP contribution in [0, 0.1) is 15.5 Å². The number of hydrogen-bond donors (Lipinski definition) is 0. The maximum atomic E-state index is 12.5. The van der Waals surface area contributed by atoms with Crippen LogP contribution in [0.1, 0.15) is 32.8 Å². The molecule has 1 aliphatic rings. The van der Waals surface area contributed by atoms with Crippen LogP contribution < -0.4 is 0 Å². The number of benzene rings is 1. The van der Waals surface area contributed by atoms with Crippen molar-refractivity contribution in [2.24, 2.45) is 5.41 Å². The molecule has 8 heteroatoms. The van der Waals surface area contributed by atoms with Gasteiger partial charge in [0, 0.05) is 24.7 Å². The van der Waals surface area contributed by atoms with E-state index < -0.39 is 28.0 Å². The second kappa shape index (κ2) is 7.31. The molecule has 0 saturated carbocycles. The smallest absolute Gasteiger partial charge is 0.410 e. The molecule has 1 saturated heterocycles. The van der Waals surface area contributed by atoms with Crippen molar-refractivity contribution in [1.29, 1.82) is 0 Å². The summed E-state index contributed by atoms with van der Waals surface area (Å²) in [5.41, 5.74) is -1.29. The van der Waals surface area contributed by atoms with E-state index in [0.717, 1.165) is 0 Å². The van der Waals surface area contributed by atoms with Gasteiger partial charge in [0.2, 0.25) is 0 Å². The summed E-state index contributed by atoms with van der Waals surface area (Å²) in [7, 11) is 1.28. The maximum Gasteiger partial charge on any atom is 0.410 e. The minimum Gasteiger partial charge on any atom is -0.469 e. The van der Waals surface area contributed by atoms with Crippen LogP contribution in [0.15, 0.2) is 24.3 Å². The second-order valence-electron chi connectivity index (χ2n) is 7.49. The predicted molar refractivity (Wildman–Crippen MR) is 93.7 cm³/mol. The number of methoxy groups -OCH3 is 1. The van der Waals surface area contributed by atoms with Gasteiger partial charge in [0.1, 0.15) is 5.60 Å². The van der Waals surface area contributed by atoms with Gasteiger partial charge >= 0.3 is 12.1 Å². The Morgan fingerprint density at radius 2 is 1.96 bits per heavy atom. The third-order valence-electron chi connectivity index (χ3n) is 4.34. The summed E-state index contributed by atoms with van der Waals surface area (Å²) in [6.45, 7) is 5.72. The van der Waals surface area contributed by atoms with Crippen molar-refractivity contribution in [3.8, 4) is 0 Å². The van der Waals surface area contributed by atoms with Crippen molar-refractivity contribution >= 4 is 17.7 Å². The summed E-state index contributed by atoms with van der Waals surface area (Å²) in [6.07, 6.45) is -0.0352. The molecule has 0 N–H and O–H groups in total. The zero-order valence-electron chi connectivity index (χ0n) is 15.5. The fraction of sp³-hybridized carbons (Fsp3) is 0.556. The first-order valence-electron chi connectivity index (χ1n) is 8.37. The monoisotopic (exact) mass is 364 g/mol. The lowest BCUT2D eigenvalue weighted by molar-refractivity contribution is -0.385. The molecule has 0 aromatic heterocycles. The molecule has 1 atom stereocenters. The first kappa shape index (κ1) is 19.7. The number of amides is 1. The molecule has 0 spiro atoms. The number of nitrogens with zero attached hydrogens (tertiary/aromatic N) is 2. The van der Waals surface area contributed by atoms with E-state index in [0.29, 0.717) is 18.5 Å². The average Bonchev–Trinajstić information content (AvgIpc) is 2.98. The Kier molecular flexibility index (Phi) is 5.53. The summed E-state index contributed by atoms with van der Waals surface area (Å²) in [6, 6.07) is 6.29. The molecule has 1 heterocycles. The van der Waals surface area contributed by atoms with Crippen LogP contribution in [-0.4, -0.2) is 47.7 Å². The number of ether oxygens (including phenoxy) is 2. The molecule has 1 amide bonds. The molecular formula is C18H24N2O6. The predicted octanol–water partition coefficient (Wildman–Crippen LogP) is 2.94. The molecule has 0 aliphatic carbocycles. The van der Waals surface area contributed by atoms with Crippen LogP contribution in [0.25, 0.3) is 0 Å².